The SMILES string of the molecule is CC/C=C\C/C=C\C/C=C\C/C=C\C/C=C\C/C=C\C/C=C\C/C=C\C/C=C\CCCC(=O)OCC(COC(=O)CCCCCCCC)OC(=O)CCCCCCCCCCCCCCCCCCCCCCCCCCCCCCC. The van der Waals surface area contributed by atoms with Gasteiger partial charge < -0.3 is 14.2 Å². The van der Waals surface area contributed by atoms with Crippen LogP contribution in [0.5, 0.6) is 0 Å². The maximum Gasteiger partial charge on any atom is 0.306 e. The molecule has 0 amide bonds. The number of hydrogen-bond acceptors (Lipinski definition) is 6. The fourth-order valence-electron chi connectivity index (χ4n) is 9.86. The zero-order valence-electron chi connectivity index (χ0n) is 54.0. The van der Waals surface area contributed by atoms with Gasteiger partial charge in [-0.1, -0.05) is 342 Å². The first-order valence-corrected chi connectivity index (χ1v) is 34.9. The van der Waals surface area contributed by atoms with Gasteiger partial charge in [-0.15, -0.1) is 0 Å². The van der Waals surface area contributed by atoms with E-state index in [0.29, 0.717) is 19.3 Å². The van der Waals surface area contributed by atoms with Crippen LogP contribution < -0.4 is 0 Å². The molecule has 1 unspecified atom stereocenters. The number of carbonyl (C=O) groups excluding carboxylic acids is 3. The molecule has 0 fully saturated rings. The molecule has 0 aliphatic carbocycles. The Hall–Kier alpha value is -3.93. The van der Waals surface area contributed by atoms with Crippen molar-refractivity contribution in [2.24, 2.45) is 0 Å². The van der Waals surface area contributed by atoms with Crippen molar-refractivity contribution in [2.45, 2.75) is 341 Å². The number of hydrogen-bond donors (Lipinski definition) is 0. The molecule has 0 aromatic rings. The summed E-state index contributed by atoms with van der Waals surface area (Å²) in [6.45, 7) is 6.45. The lowest BCUT2D eigenvalue weighted by molar-refractivity contribution is -0.167. The van der Waals surface area contributed by atoms with Crippen molar-refractivity contribution in [1.29, 1.82) is 0 Å². The fraction of sp³-hybridized carbons (Fsp3) is 0.724. The van der Waals surface area contributed by atoms with Gasteiger partial charge in [0, 0.05) is 19.3 Å². The largest absolute Gasteiger partial charge is 0.462 e. The molecule has 0 aromatic heterocycles. The maximum atomic E-state index is 12.9. The van der Waals surface area contributed by atoms with Crippen molar-refractivity contribution in [3.63, 3.8) is 0 Å². The second-order valence-electron chi connectivity index (χ2n) is 23.1. The van der Waals surface area contributed by atoms with E-state index in [1.165, 1.54) is 186 Å². The molecule has 0 rings (SSSR count). The number of allylic oxidation sites excluding steroid dienone is 18. The molecule has 0 aliphatic rings. The second kappa shape index (κ2) is 69.6. The van der Waals surface area contributed by atoms with E-state index in [1.807, 2.05) is 0 Å². The molecule has 6 heteroatoms. The molecule has 0 N–H and O–H groups in total. The average Bonchev–Trinajstić information content (AvgIpc) is 3.47. The Labute approximate surface area is 508 Å². The van der Waals surface area contributed by atoms with Crippen LogP contribution in [0.1, 0.15) is 335 Å². The molecule has 0 saturated carbocycles. The van der Waals surface area contributed by atoms with Crippen LogP contribution in [-0.2, 0) is 28.6 Å². The van der Waals surface area contributed by atoms with Gasteiger partial charge in [0.2, 0.25) is 0 Å². The minimum atomic E-state index is -0.799. The lowest BCUT2D eigenvalue weighted by Crippen LogP contribution is -2.30. The van der Waals surface area contributed by atoms with E-state index in [4.69, 9.17) is 14.2 Å². The number of unbranched alkanes of at least 4 members (excludes halogenated alkanes) is 34. The summed E-state index contributed by atoms with van der Waals surface area (Å²) in [4.78, 5) is 38.1. The van der Waals surface area contributed by atoms with Crippen molar-refractivity contribution in [3.05, 3.63) is 109 Å². The molecule has 0 radical (unpaired) electrons. The normalized spacial score (nSPS) is 12.8. The van der Waals surface area contributed by atoms with Gasteiger partial charge in [0.1, 0.15) is 13.2 Å². The van der Waals surface area contributed by atoms with E-state index < -0.39 is 6.10 Å². The Morgan fingerprint density at radius 3 is 0.744 bits per heavy atom. The van der Waals surface area contributed by atoms with E-state index in [9.17, 15) is 14.4 Å². The first-order chi connectivity index (χ1) is 40.5. The van der Waals surface area contributed by atoms with Crippen LogP contribution in [0, 0.1) is 0 Å². The third-order valence-corrected chi connectivity index (χ3v) is 15.0. The van der Waals surface area contributed by atoms with Crippen LogP contribution in [0.15, 0.2) is 109 Å². The van der Waals surface area contributed by atoms with Crippen molar-refractivity contribution in [3.8, 4) is 0 Å². The highest BCUT2D eigenvalue weighted by molar-refractivity contribution is 5.71. The molecule has 0 heterocycles. The molecule has 470 valence electrons. The molecule has 0 aromatic carbocycles. The van der Waals surface area contributed by atoms with Gasteiger partial charge in [-0.05, 0) is 83.5 Å². The Morgan fingerprint density at radius 2 is 0.476 bits per heavy atom. The van der Waals surface area contributed by atoms with E-state index in [-0.39, 0.29) is 37.5 Å². The van der Waals surface area contributed by atoms with Crippen LogP contribution in [0.4, 0.5) is 0 Å². The molecule has 6 nitrogen and oxygen atoms in total. The summed E-state index contributed by atoms with van der Waals surface area (Å²) in [5, 5.41) is 0. The highest BCUT2D eigenvalue weighted by Gasteiger charge is 2.19. The lowest BCUT2D eigenvalue weighted by Gasteiger charge is -2.18. The summed E-state index contributed by atoms with van der Waals surface area (Å²) < 4.78 is 16.8. The van der Waals surface area contributed by atoms with Gasteiger partial charge in [-0.2, -0.15) is 0 Å². The van der Waals surface area contributed by atoms with Crippen molar-refractivity contribution >= 4 is 17.9 Å². The predicted octanol–water partition coefficient (Wildman–Crippen LogP) is 24.2. The summed E-state index contributed by atoms with van der Waals surface area (Å²) in [7, 11) is 0. The molecule has 0 saturated heterocycles. The molecule has 0 bridgehead atoms. The van der Waals surface area contributed by atoms with Gasteiger partial charge in [0.25, 0.3) is 0 Å². The topological polar surface area (TPSA) is 78.9 Å². The molecule has 0 spiro atoms. The van der Waals surface area contributed by atoms with Gasteiger partial charge in [-0.3, -0.25) is 14.4 Å². The van der Waals surface area contributed by atoms with Crippen LogP contribution in [0.3, 0.4) is 0 Å². The van der Waals surface area contributed by atoms with E-state index in [2.05, 4.69) is 130 Å². The highest BCUT2D eigenvalue weighted by Crippen LogP contribution is 2.18. The van der Waals surface area contributed by atoms with Crippen molar-refractivity contribution in [2.75, 3.05) is 13.2 Å². The highest BCUT2D eigenvalue weighted by atomic mass is 16.6. The minimum absolute atomic E-state index is 0.0944. The number of carbonyl (C=O) groups is 3. The zero-order chi connectivity index (χ0) is 59.2. The molecule has 1 atom stereocenters. The van der Waals surface area contributed by atoms with Gasteiger partial charge in [0.15, 0.2) is 6.10 Å². The first kappa shape index (κ1) is 78.1. The fourth-order valence-corrected chi connectivity index (χ4v) is 9.86. The minimum Gasteiger partial charge on any atom is -0.462 e. The zero-order valence-corrected chi connectivity index (χ0v) is 54.0. The number of ether oxygens (including phenoxy) is 3. The Balaban J connectivity index is 4.13. The van der Waals surface area contributed by atoms with Crippen LogP contribution in [-0.4, -0.2) is 37.2 Å². The summed E-state index contributed by atoms with van der Waals surface area (Å²) in [5.41, 5.74) is 0. The smallest absolute Gasteiger partial charge is 0.306 e. The number of esters is 3. The van der Waals surface area contributed by atoms with E-state index >= 15 is 0 Å². The van der Waals surface area contributed by atoms with Crippen molar-refractivity contribution in [1.82, 2.24) is 0 Å². The quantitative estimate of drug-likeness (QED) is 0.0261. The lowest BCUT2D eigenvalue weighted by atomic mass is 10.0. The monoisotopic (exact) mass is 1140 g/mol. The number of rotatable bonds is 63. The predicted molar refractivity (Wildman–Crippen MR) is 357 cm³/mol. The van der Waals surface area contributed by atoms with E-state index in [1.54, 1.807) is 0 Å². The van der Waals surface area contributed by atoms with Gasteiger partial charge in [0.05, 0.1) is 0 Å². The van der Waals surface area contributed by atoms with Crippen LogP contribution in [0.2, 0.25) is 0 Å². The van der Waals surface area contributed by atoms with Gasteiger partial charge in [-0.25, -0.2) is 0 Å². The summed E-state index contributed by atoms with van der Waals surface area (Å²) in [6.07, 6.45) is 96.0. The summed E-state index contributed by atoms with van der Waals surface area (Å²) >= 11 is 0. The second-order valence-corrected chi connectivity index (χ2v) is 23.1. The Bertz CT molecular complexity index is 1640. The van der Waals surface area contributed by atoms with Gasteiger partial charge >= 0.3 is 17.9 Å². The molecular weight excluding hydrogens is 1010 g/mol. The summed E-state index contributed by atoms with van der Waals surface area (Å²) in [6, 6.07) is 0. The average molecular weight is 1140 g/mol. The standard InChI is InChI=1S/C76H130O6/c1-4-7-10-13-16-18-20-22-24-26-28-30-32-34-36-38-40-42-44-46-48-50-52-54-56-58-60-63-66-69-75(78)81-72-73(71-80-74(77)68-65-62-15-12-9-6-3)82-76(79)70-67-64-61-59-57-55-53-51-49-47-45-43-41-39-37-35-33-31-29-27-25-23-21-19-17-14-11-8-5-2/h7,10,16,18,22,24,28,30,34,36,40,42,46,48,52,54,58,60,73H,4-6,8-9,11-15,17,19-21,23,25-27,29,31-33,35,37-39,41,43-45,47,49-51,53,55-57,59,61-72H2,1-3H3/b10-7-,18-16-,24-22-,30-28-,36-34-,42-40-,48-46-,54-52-,60-58-. The molecule has 0 aliphatic heterocycles. The third-order valence-electron chi connectivity index (χ3n) is 15.0. The summed E-state index contributed by atoms with van der Waals surface area (Å²) in [5.74, 6) is -0.956. The first-order valence-electron chi connectivity index (χ1n) is 34.9. The van der Waals surface area contributed by atoms with Crippen molar-refractivity contribution < 1.29 is 28.6 Å². The van der Waals surface area contributed by atoms with E-state index in [0.717, 1.165) is 103 Å². The third kappa shape index (κ3) is 66.9. The van der Waals surface area contributed by atoms with Crippen LogP contribution >= 0.6 is 0 Å². The maximum absolute atomic E-state index is 12.9. The van der Waals surface area contributed by atoms with Crippen LogP contribution in [0.25, 0.3) is 0 Å². The Kier molecular flexibility index (Phi) is 66.2. The molecule has 82 heavy (non-hydrogen) atoms. The molecular formula is C76H130O6. The Morgan fingerprint density at radius 1 is 0.256 bits per heavy atom.